The van der Waals surface area contributed by atoms with E-state index in [1.54, 1.807) is 6.26 Å². The fraction of sp³-hybridized carbons (Fsp3) is 0.950. The van der Waals surface area contributed by atoms with Gasteiger partial charge >= 0.3 is 0 Å². The van der Waals surface area contributed by atoms with Gasteiger partial charge in [-0.05, 0) is 19.8 Å². The van der Waals surface area contributed by atoms with E-state index in [9.17, 15) is 0 Å². The molecule has 0 aromatic carbocycles. The molecule has 0 saturated carbocycles. The molecule has 0 spiro atoms. The van der Waals surface area contributed by atoms with Crippen LogP contribution in [0.25, 0.3) is 0 Å². The van der Waals surface area contributed by atoms with E-state index < -0.39 is 0 Å². The molecule has 0 fully saturated rings. The lowest BCUT2D eigenvalue weighted by Crippen LogP contribution is -1.92. The van der Waals surface area contributed by atoms with E-state index in [1.165, 1.54) is 218 Å². The van der Waals surface area contributed by atoms with Gasteiger partial charge in [0.2, 0.25) is 0 Å². The van der Waals surface area contributed by atoms with E-state index in [4.69, 9.17) is 9.47 Å². The fourth-order valence-electron chi connectivity index (χ4n) is 6.27. The molecule has 0 saturated heterocycles. The molecule has 0 amide bonds. The van der Waals surface area contributed by atoms with Crippen LogP contribution in [0.3, 0.4) is 0 Å². The van der Waals surface area contributed by atoms with Gasteiger partial charge < -0.3 is 9.47 Å². The van der Waals surface area contributed by atoms with Crippen LogP contribution < -0.4 is 0 Å². The molecule has 0 aliphatic rings. The van der Waals surface area contributed by atoms with Gasteiger partial charge in [-0.25, -0.2) is 0 Å². The Bertz CT molecular complexity index is 463. The van der Waals surface area contributed by atoms with Crippen molar-refractivity contribution in [1.29, 1.82) is 0 Å². The van der Waals surface area contributed by atoms with Gasteiger partial charge in [-0.3, -0.25) is 0 Å². The first-order valence-electron chi connectivity index (χ1n) is 19.7. The van der Waals surface area contributed by atoms with Crippen LogP contribution >= 0.6 is 0 Å². The molecule has 252 valence electrons. The van der Waals surface area contributed by atoms with Crippen molar-refractivity contribution < 1.29 is 9.47 Å². The van der Waals surface area contributed by atoms with Crippen molar-refractivity contribution in [2.75, 3.05) is 19.8 Å². The predicted molar refractivity (Wildman–Crippen MR) is 190 cm³/mol. The molecule has 42 heavy (non-hydrogen) atoms. The normalized spacial score (nSPS) is 11.4. The summed E-state index contributed by atoms with van der Waals surface area (Å²) < 4.78 is 10.6. The Hall–Kier alpha value is -0.500. The number of unbranched alkanes of at least 4 members (excludes halogenated alkanes) is 33. The van der Waals surface area contributed by atoms with Gasteiger partial charge in [0.05, 0.1) is 12.9 Å². The number of ether oxygens (including phenoxy) is 2. The predicted octanol–water partition coefficient (Wildman–Crippen LogP) is 14.4. The van der Waals surface area contributed by atoms with Gasteiger partial charge in [0, 0.05) is 13.2 Å². The van der Waals surface area contributed by atoms with Crippen molar-refractivity contribution in [3.8, 4) is 0 Å². The molecule has 0 aromatic rings. The lowest BCUT2D eigenvalue weighted by Gasteiger charge is -2.05. The van der Waals surface area contributed by atoms with Crippen LogP contribution in [0.1, 0.15) is 225 Å². The van der Waals surface area contributed by atoms with E-state index in [-0.39, 0.29) is 0 Å². The van der Waals surface area contributed by atoms with Crippen LogP contribution in [-0.4, -0.2) is 19.8 Å². The van der Waals surface area contributed by atoms with Gasteiger partial charge in [0.15, 0.2) is 0 Å². The Labute approximate surface area is 267 Å². The lowest BCUT2D eigenvalue weighted by atomic mass is 10.0. The summed E-state index contributed by atoms with van der Waals surface area (Å²) in [4.78, 5) is 0. The van der Waals surface area contributed by atoms with E-state index in [0.717, 1.165) is 19.8 Å². The summed E-state index contributed by atoms with van der Waals surface area (Å²) in [5.74, 6) is 0. The lowest BCUT2D eigenvalue weighted by molar-refractivity contribution is 0.143. The first-order valence-corrected chi connectivity index (χ1v) is 19.7. The quantitative estimate of drug-likeness (QED) is 0.0522. The highest BCUT2D eigenvalue weighted by molar-refractivity contribution is 4.54. The molecular formula is C40H80O2. The maximum Gasteiger partial charge on any atom is 0.0873 e. The van der Waals surface area contributed by atoms with Crippen LogP contribution in [-0.2, 0) is 9.47 Å². The van der Waals surface area contributed by atoms with Crippen molar-refractivity contribution in [3.63, 3.8) is 0 Å². The smallest absolute Gasteiger partial charge is 0.0873 e. The summed E-state index contributed by atoms with van der Waals surface area (Å²) >= 11 is 0. The molecule has 0 atom stereocenters. The zero-order valence-corrected chi connectivity index (χ0v) is 29.3. The highest BCUT2D eigenvalue weighted by atomic mass is 16.5. The van der Waals surface area contributed by atoms with Crippen molar-refractivity contribution in [3.05, 3.63) is 12.8 Å². The minimum absolute atomic E-state index is 0.849. The molecule has 0 rings (SSSR count). The molecule has 0 radical (unpaired) electrons. The van der Waals surface area contributed by atoms with Gasteiger partial charge in [0.25, 0.3) is 0 Å². The number of hydrogen-bond acceptors (Lipinski definition) is 2. The van der Waals surface area contributed by atoms with Gasteiger partial charge in [-0.2, -0.15) is 0 Å². The summed E-state index contributed by atoms with van der Waals surface area (Å²) in [5.41, 5.74) is 0. The van der Waals surface area contributed by atoms with Crippen LogP contribution in [0.5, 0.6) is 0 Å². The molecule has 0 aliphatic carbocycles. The first-order chi connectivity index (χ1) is 20.9. The van der Waals surface area contributed by atoms with Gasteiger partial charge in [-0.15, -0.1) is 0 Å². The third-order valence-electron chi connectivity index (χ3n) is 9.12. The summed E-state index contributed by atoms with van der Waals surface area (Å²) in [6.07, 6.45) is 50.6. The zero-order valence-electron chi connectivity index (χ0n) is 29.3. The monoisotopic (exact) mass is 593 g/mol. The molecule has 0 aliphatic heterocycles. The molecule has 0 N–H and O–H groups in total. The Balaban J connectivity index is 3.02. The van der Waals surface area contributed by atoms with E-state index in [2.05, 4.69) is 13.5 Å². The largest absolute Gasteiger partial charge is 0.502 e. The van der Waals surface area contributed by atoms with Crippen molar-refractivity contribution in [2.24, 2.45) is 0 Å². The topological polar surface area (TPSA) is 18.5 Å². The second-order valence-electron chi connectivity index (χ2n) is 13.3. The minimum Gasteiger partial charge on any atom is -0.502 e. The summed E-state index contributed by atoms with van der Waals surface area (Å²) in [6, 6.07) is 0. The highest BCUT2D eigenvalue weighted by Gasteiger charge is 1.97. The third-order valence-corrected chi connectivity index (χ3v) is 9.12. The van der Waals surface area contributed by atoms with E-state index in [1.807, 2.05) is 0 Å². The SMILES string of the molecule is C=COCCCCCCCCCCCCCCCCCCCCCCCCCCCCCCCCCCCCOCC. The van der Waals surface area contributed by atoms with Crippen LogP contribution in [0, 0.1) is 0 Å². The number of hydrogen-bond donors (Lipinski definition) is 0. The molecule has 0 aromatic heterocycles. The second kappa shape index (κ2) is 40.5. The van der Waals surface area contributed by atoms with Gasteiger partial charge in [-0.1, -0.05) is 212 Å². The Kier molecular flexibility index (Phi) is 40.0. The Morgan fingerprint density at radius 1 is 0.310 bits per heavy atom. The summed E-state index contributed by atoms with van der Waals surface area (Å²) in [5, 5.41) is 0. The Morgan fingerprint density at radius 2 is 0.500 bits per heavy atom. The maximum atomic E-state index is 5.40. The second-order valence-corrected chi connectivity index (χ2v) is 13.3. The minimum atomic E-state index is 0.849. The average molecular weight is 593 g/mol. The van der Waals surface area contributed by atoms with Crippen molar-refractivity contribution in [2.45, 2.75) is 225 Å². The molecule has 2 heteroatoms. The molecule has 0 unspecified atom stereocenters. The molecular weight excluding hydrogens is 512 g/mol. The zero-order chi connectivity index (χ0) is 30.3. The molecule has 2 nitrogen and oxygen atoms in total. The first kappa shape index (κ1) is 41.5. The summed E-state index contributed by atoms with van der Waals surface area (Å²) in [7, 11) is 0. The summed E-state index contributed by atoms with van der Waals surface area (Å²) in [6.45, 7) is 8.36. The Morgan fingerprint density at radius 3 is 0.690 bits per heavy atom. The standard InChI is InChI=1S/C40H80O2/c1-3-41-39-37-35-33-31-29-27-25-23-21-19-17-15-13-11-9-7-5-6-8-10-12-14-16-18-20-22-24-26-28-30-32-34-36-38-40-42-4-2/h3H,1,4-40H2,2H3. The van der Waals surface area contributed by atoms with Crippen molar-refractivity contribution in [1.82, 2.24) is 0 Å². The van der Waals surface area contributed by atoms with Crippen LogP contribution in [0.2, 0.25) is 0 Å². The van der Waals surface area contributed by atoms with Gasteiger partial charge in [0.1, 0.15) is 0 Å². The number of rotatable bonds is 39. The molecule has 0 heterocycles. The maximum absolute atomic E-state index is 5.40. The van der Waals surface area contributed by atoms with Crippen LogP contribution in [0.4, 0.5) is 0 Å². The third kappa shape index (κ3) is 39.5. The van der Waals surface area contributed by atoms with E-state index in [0.29, 0.717) is 0 Å². The van der Waals surface area contributed by atoms with Crippen molar-refractivity contribution >= 4 is 0 Å². The molecule has 0 bridgehead atoms. The fourth-order valence-corrected chi connectivity index (χ4v) is 6.27. The average Bonchev–Trinajstić information content (AvgIpc) is 3.00. The van der Waals surface area contributed by atoms with E-state index >= 15 is 0 Å². The highest BCUT2D eigenvalue weighted by Crippen LogP contribution is 2.17. The van der Waals surface area contributed by atoms with Crippen LogP contribution in [0.15, 0.2) is 12.8 Å².